The average Bonchev–Trinajstić information content (AvgIpc) is 3.20. The second-order valence-corrected chi connectivity index (χ2v) is 14.2. The predicted octanol–water partition coefficient (Wildman–Crippen LogP) is 14.7. The van der Waals surface area contributed by atoms with Gasteiger partial charge in [0.15, 0.2) is 0 Å². The van der Waals surface area contributed by atoms with E-state index in [0.29, 0.717) is 0 Å². The van der Waals surface area contributed by atoms with Crippen molar-refractivity contribution in [3.63, 3.8) is 0 Å². The van der Waals surface area contributed by atoms with Crippen LogP contribution in [0.3, 0.4) is 0 Å². The van der Waals surface area contributed by atoms with Gasteiger partial charge in [-0.25, -0.2) is 0 Å². The van der Waals surface area contributed by atoms with Gasteiger partial charge in [-0.15, -0.1) is 0 Å². The third-order valence-electron chi connectivity index (χ3n) is 10.9. The molecule has 0 aliphatic carbocycles. The van der Waals surface area contributed by atoms with E-state index in [0.717, 1.165) is 0 Å². The largest absolute Gasteiger partial charge is 0.0622 e. The zero-order chi connectivity index (χ0) is 34.8. The first-order valence-corrected chi connectivity index (χ1v) is 18.2. The molecule has 0 amide bonds. The summed E-state index contributed by atoms with van der Waals surface area (Å²) in [7, 11) is 0. The minimum absolute atomic E-state index is 1.23. The highest BCUT2D eigenvalue weighted by Crippen LogP contribution is 2.49. The Labute approximate surface area is 304 Å². The molecule has 0 N–H and O–H groups in total. The molecule has 244 valence electrons. The Morgan fingerprint density at radius 2 is 0.731 bits per heavy atom. The highest BCUT2D eigenvalue weighted by atomic mass is 14.2. The molecule has 0 fully saturated rings. The van der Waals surface area contributed by atoms with E-state index in [2.05, 4.69) is 196 Å². The van der Waals surface area contributed by atoms with Crippen molar-refractivity contribution in [3.05, 3.63) is 193 Å². The summed E-state index contributed by atoms with van der Waals surface area (Å²) in [5.41, 5.74) is 12.6. The van der Waals surface area contributed by atoms with Crippen LogP contribution < -0.4 is 0 Å². The van der Waals surface area contributed by atoms with Gasteiger partial charge in [-0.2, -0.15) is 0 Å². The van der Waals surface area contributed by atoms with Crippen LogP contribution in [0.25, 0.3) is 98.4 Å². The molecule has 0 heterocycles. The minimum Gasteiger partial charge on any atom is -0.0622 e. The molecule has 10 aromatic carbocycles. The first-order chi connectivity index (χ1) is 25.6. The zero-order valence-electron chi connectivity index (χ0n) is 29.3. The van der Waals surface area contributed by atoms with E-state index < -0.39 is 0 Å². The fourth-order valence-electron chi connectivity index (χ4n) is 8.66. The van der Waals surface area contributed by atoms with Gasteiger partial charge in [0.25, 0.3) is 0 Å². The lowest BCUT2D eigenvalue weighted by Gasteiger charge is -2.21. The van der Waals surface area contributed by atoms with Gasteiger partial charge >= 0.3 is 0 Å². The van der Waals surface area contributed by atoms with E-state index in [1.165, 1.54) is 109 Å². The summed E-state index contributed by atoms with van der Waals surface area (Å²) in [6.07, 6.45) is 0. The molecular formula is C52H36. The average molecular weight is 661 g/mol. The Hall–Kier alpha value is -6.50. The minimum atomic E-state index is 1.23. The second kappa shape index (κ2) is 12.1. The molecule has 0 saturated heterocycles. The zero-order valence-corrected chi connectivity index (χ0v) is 29.3. The first-order valence-electron chi connectivity index (χ1n) is 18.2. The van der Waals surface area contributed by atoms with Crippen LogP contribution in [0.15, 0.2) is 182 Å². The molecule has 0 nitrogen and oxygen atoms in total. The number of rotatable bonds is 4. The third-order valence-corrected chi connectivity index (χ3v) is 10.9. The van der Waals surface area contributed by atoms with E-state index in [4.69, 9.17) is 0 Å². The number of aryl methyl sites for hydroxylation is 2. The van der Waals surface area contributed by atoms with Crippen molar-refractivity contribution in [1.29, 1.82) is 0 Å². The van der Waals surface area contributed by atoms with E-state index >= 15 is 0 Å². The fraction of sp³-hybridized carbons (Fsp3) is 0.0385. The van der Waals surface area contributed by atoms with Crippen LogP contribution in [0.2, 0.25) is 0 Å². The normalized spacial score (nSPS) is 11.7. The highest BCUT2D eigenvalue weighted by Gasteiger charge is 2.21. The van der Waals surface area contributed by atoms with Gasteiger partial charge in [-0.1, -0.05) is 187 Å². The standard InChI is InChI=1S/C52H36/c1-33-25-28-45-47(30-33)49(44-27-24-34(2)31-48(44)52(45)41-23-13-19-35-14-9-10-20-39(35)41)38-26-29-43-46(32-38)40-21-11-12-22-42(40)50(36-15-5-3-6-16-36)51(43)37-17-7-4-8-18-37/h3-32H,1-2H3. The van der Waals surface area contributed by atoms with Crippen molar-refractivity contribution in [2.24, 2.45) is 0 Å². The maximum atomic E-state index is 2.47. The molecule has 0 aliphatic rings. The van der Waals surface area contributed by atoms with Crippen LogP contribution in [0, 0.1) is 13.8 Å². The van der Waals surface area contributed by atoms with Crippen LogP contribution in [0.1, 0.15) is 11.1 Å². The van der Waals surface area contributed by atoms with E-state index in [9.17, 15) is 0 Å². The quantitative estimate of drug-likeness (QED) is 0.130. The van der Waals surface area contributed by atoms with E-state index in [-0.39, 0.29) is 0 Å². The Bertz CT molecular complexity index is 3000. The maximum absolute atomic E-state index is 2.47. The van der Waals surface area contributed by atoms with Gasteiger partial charge in [0.05, 0.1) is 0 Å². The van der Waals surface area contributed by atoms with Crippen molar-refractivity contribution in [3.8, 4) is 44.5 Å². The molecule has 0 atom stereocenters. The third kappa shape index (κ3) is 4.76. The Morgan fingerprint density at radius 1 is 0.250 bits per heavy atom. The van der Waals surface area contributed by atoms with Crippen molar-refractivity contribution in [2.75, 3.05) is 0 Å². The van der Waals surface area contributed by atoms with Gasteiger partial charge in [0.1, 0.15) is 0 Å². The summed E-state index contributed by atoms with van der Waals surface area (Å²) in [6.45, 7) is 4.42. The fourth-order valence-corrected chi connectivity index (χ4v) is 8.66. The van der Waals surface area contributed by atoms with Crippen LogP contribution in [0.4, 0.5) is 0 Å². The Balaban J connectivity index is 1.35. The number of fused-ring (bicyclic) bond motifs is 6. The van der Waals surface area contributed by atoms with Gasteiger partial charge in [0, 0.05) is 0 Å². The summed E-state index contributed by atoms with van der Waals surface area (Å²) in [6, 6.07) is 67.5. The first kappa shape index (κ1) is 30.3. The lowest BCUT2D eigenvalue weighted by Crippen LogP contribution is -1.94. The topological polar surface area (TPSA) is 0 Å². The number of hydrogen-bond donors (Lipinski definition) is 0. The molecule has 10 rings (SSSR count). The lowest BCUT2D eigenvalue weighted by atomic mass is 9.82. The maximum Gasteiger partial charge on any atom is -0.00200 e. The van der Waals surface area contributed by atoms with Crippen LogP contribution in [-0.2, 0) is 0 Å². The van der Waals surface area contributed by atoms with Crippen LogP contribution >= 0.6 is 0 Å². The highest BCUT2D eigenvalue weighted by molar-refractivity contribution is 6.26. The molecule has 10 aromatic rings. The Kier molecular flexibility index (Phi) is 7.05. The van der Waals surface area contributed by atoms with Gasteiger partial charge in [-0.05, 0) is 118 Å². The molecule has 0 aromatic heterocycles. The Morgan fingerprint density at radius 3 is 1.40 bits per heavy atom. The molecule has 0 bridgehead atoms. The van der Waals surface area contributed by atoms with Gasteiger partial charge in [0.2, 0.25) is 0 Å². The molecule has 0 radical (unpaired) electrons. The molecule has 0 heteroatoms. The van der Waals surface area contributed by atoms with E-state index in [1.807, 2.05) is 0 Å². The van der Waals surface area contributed by atoms with Crippen molar-refractivity contribution >= 4 is 53.9 Å². The lowest BCUT2D eigenvalue weighted by molar-refractivity contribution is 1.49. The smallest absolute Gasteiger partial charge is 0.00200 e. The van der Waals surface area contributed by atoms with Crippen LogP contribution in [-0.4, -0.2) is 0 Å². The number of benzene rings is 10. The van der Waals surface area contributed by atoms with Gasteiger partial charge < -0.3 is 0 Å². The summed E-state index contributed by atoms with van der Waals surface area (Å²) < 4.78 is 0. The number of hydrogen-bond acceptors (Lipinski definition) is 0. The summed E-state index contributed by atoms with van der Waals surface area (Å²) in [5.74, 6) is 0. The second-order valence-electron chi connectivity index (χ2n) is 14.2. The van der Waals surface area contributed by atoms with Crippen molar-refractivity contribution in [2.45, 2.75) is 13.8 Å². The SMILES string of the molecule is Cc1ccc2c(-c3cccc4ccccc34)c3cc(C)ccc3c(-c3ccc4c(-c5ccccc5)c(-c5ccccc5)c5ccccc5c4c3)c2c1. The van der Waals surface area contributed by atoms with E-state index in [1.54, 1.807) is 0 Å². The molecule has 0 spiro atoms. The molecule has 0 saturated carbocycles. The van der Waals surface area contributed by atoms with Crippen LogP contribution in [0.5, 0.6) is 0 Å². The summed E-state index contributed by atoms with van der Waals surface area (Å²) >= 11 is 0. The predicted molar refractivity (Wildman–Crippen MR) is 225 cm³/mol. The molecular weight excluding hydrogens is 625 g/mol. The molecule has 0 aliphatic heterocycles. The van der Waals surface area contributed by atoms with Crippen molar-refractivity contribution in [1.82, 2.24) is 0 Å². The summed E-state index contributed by atoms with van der Waals surface area (Å²) in [5, 5.41) is 12.7. The molecule has 52 heavy (non-hydrogen) atoms. The summed E-state index contributed by atoms with van der Waals surface area (Å²) in [4.78, 5) is 0. The molecule has 0 unspecified atom stereocenters. The monoisotopic (exact) mass is 660 g/mol. The van der Waals surface area contributed by atoms with Gasteiger partial charge in [-0.3, -0.25) is 0 Å². The van der Waals surface area contributed by atoms with Crippen molar-refractivity contribution < 1.29 is 0 Å².